The van der Waals surface area contributed by atoms with Crippen molar-refractivity contribution in [3.63, 3.8) is 0 Å². The van der Waals surface area contributed by atoms with Crippen LogP contribution in [0.3, 0.4) is 0 Å². The minimum atomic E-state index is -0.988. The average molecular weight is 257 g/mol. The van der Waals surface area contributed by atoms with Gasteiger partial charge in [-0.05, 0) is 25.0 Å². The van der Waals surface area contributed by atoms with Gasteiger partial charge in [0.25, 0.3) is 0 Å². The van der Waals surface area contributed by atoms with Gasteiger partial charge in [0.2, 0.25) is 0 Å². The number of rotatable bonds is 6. The molecule has 0 amide bonds. The first kappa shape index (κ1) is 13.2. The summed E-state index contributed by atoms with van der Waals surface area (Å²) in [6.45, 7) is 0.512. The van der Waals surface area contributed by atoms with Crippen molar-refractivity contribution in [2.45, 2.75) is 19.3 Å². The topological polar surface area (TPSA) is 70.3 Å². The van der Waals surface area contributed by atoms with Crippen LogP contribution in [0.1, 0.15) is 24.8 Å². The van der Waals surface area contributed by atoms with Crippen LogP contribution in [0, 0.1) is 16.7 Å². The molecular formula is C15H15NO3. The number of carbonyl (C=O) groups is 1. The van der Waals surface area contributed by atoms with E-state index in [0.29, 0.717) is 18.8 Å². The zero-order valence-corrected chi connectivity index (χ0v) is 10.5. The lowest BCUT2D eigenvalue weighted by Gasteiger charge is -2.14. The predicted molar refractivity (Wildman–Crippen MR) is 70.5 cm³/mol. The van der Waals surface area contributed by atoms with E-state index in [1.54, 1.807) is 6.07 Å². The molecule has 0 heterocycles. The van der Waals surface area contributed by atoms with Crippen molar-refractivity contribution in [3.8, 4) is 11.8 Å². The Balaban J connectivity index is 2.04. The molecule has 2 rings (SSSR count). The van der Waals surface area contributed by atoms with Gasteiger partial charge in [-0.2, -0.15) is 5.26 Å². The van der Waals surface area contributed by atoms with Crippen molar-refractivity contribution in [2.75, 3.05) is 6.61 Å². The molecule has 19 heavy (non-hydrogen) atoms. The van der Waals surface area contributed by atoms with Crippen LogP contribution in [-0.2, 0) is 4.79 Å². The quantitative estimate of drug-likeness (QED) is 0.795. The third-order valence-electron chi connectivity index (χ3n) is 3.27. The minimum Gasteiger partial charge on any atom is -0.492 e. The molecule has 1 aliphatic rings. The molecule has 1 aromatic rings. The number of nitrogens with zero attached hydrogens (tertiary/aromatic N) is 1. The molecule has 0 bridgehead atoms. The lowest BCUT2D eigenvalue weighted by atomic mass is 10.1. The lowest BCUT2D eigenvalue weighted by molar-refractivity contribution is -0.131. The Bertz CT molecular complexity index is 539. The fourth-order valence-electron chi connectivity index (χ4n) is 1.86. The molecule has 0 unspecified atom stereocenters. The molecule has 1 fully saturated rings. The van der Waals surface area contributed by atoms with Crippen molar-refractivity contribution in [2.24, 2.45) is 5.41 Å². The van der Waals surface area contributed by atoms with E-state index in [0.717, 1.165) is 24.5 Å². The number of para-hydroxylation sites is 1. The summed E-state index contributed by atoms with van der Waals surface area (Å²) in [5, 5.41) is 17.4. The number of hydrogen-bond acceptors (Lipinski definition) is 3. The molecule has 4 heteroatoms. The van der Waals surface area contributed by atoms with Gasteiger partial charge in [0.1, 0.15) is 5.75 Å². The van der Waals surface area contributed by atoms with E-state index in [1.165, 1.54) is 6.08 Å². The zero-order chi connectivity index (χ0) is 13.7. The van der Waals surface area contributed by atoms with E-state index in [-0.39, 0.29) is 5.41 Å². The standard InChI is InChI=1S/C15H15NO3/c16-10-9-15(7-8-15)11-19-13-4-2-1-3-12(13)5-6-14(17)18/h1-6H,7-9,11H2,(H,17,18). The Hall–Kier alpha value is -2.28. The van der Waals surface area contributed by atoms with Crippen LogP contribution in [0.5, 0.6) is 5.75 Å². The molecule has 98 valence electrons. The van der Waals surface area contributed by atoms with Gasteiger partial charge in [-0.25, -0.2) is 4.79 Å². The summed E-state index contributed by atoms with van der Waals surface area (Å²) in [7, 11) is 0. The first-order valence-corrected chi connectivity index (χ1v) is 6.15. The first-order chi connectivity index (χ1) is 9.15. The highest BCUT2D eigenvalue weighted by Crippen LogP contribution is 2.48. The second-order valence-corrected chi connectivity index (χ2v) is 4.83. The number of carboxylic acid groups (broad SMARTS) is 1. The summed E-state index contributed by atoms with van der Waals surface area (Å²) in [6.07, 6.45) is 5.16. The highest BCUT2D eigenvalue weighted by Gasteiger charge is 2.43. The van der Waals surface area contributed by atoms with Gasteiger partial charge in [0.05, 0.1) is 12.7 Å². The monoisotopic (exact) mass is 257 g/mol. The predicted octanol–water partition coefficient (Wildman–Crippen LogP) is 2.86. The van der Waals surface area contributed by atoms with Gasteiger partial charge in [-0.3, -0.25) is 0 Å². The number of aliphatic carboxylic acids is 1. The maximum Gasteiger partial charge on any atom is 0.328 e. The maximum absolute atomic E-state index is 10.5. The summed E-state index contributed by atoms with van der Waals surface area (Å²) < 4.78 is 5.75. The van der Waals surface area contributed by atoms with Crippen LogP contribution >= 0.6 is 0 Å². The fraction of sp³-hybridized carbons (Fsp3) is 0.333. The van der Waals surface area contributed by atoms with Crippen molar-refractivity contribution >= 4 is 12.0 Å². The second kappa shape index (κ2) is 5.57. The van der Waals surface area contributed by atoms with Crippen molar-refractivity contribution < 1.29 is 14.6 Å². The molecule has 0 aliphatic heterocycles. The van der Waals surface area contributed by atoms with Crippen LogP contribution in [0.2, 0.25) is 0 Å². The van der Waals surface area contributed by atoms with E-state index in [9.17, 15) is 4.79 Å². The van der Waals surface area contributed by atoms with Crippen molar-refractivity contribution in [3.05, 3.63) is 35.9 Å². The third-order valence-corrected chi connectivity index (χ3v) is 3.27. The molecule has 1 aliphatic carbocycles. The molecule has 4 nitrogen and oxygen atoms in total. The Kier molecular flexibility index (Phi) is 3.86. The molecule has 0 aromatic heterocycles. The summed E-state index contributed by atoms with van der Waals surface area (Å²) in [5.74, 6) is -0.331. The van der Waals surface area contributed by atoms with Gasteiger partial charge < -0.3 is 9.84 Å². The van der Waals surface area contributed by atoms with Gasteiger partial charge in [-0.1, -0.05) is 18.2 Å². The summed E-state index contributed by atoms with van der Waals surface area (Å²) in [6, 6.07) is 9.48. The molecule has 1 N–H and O–H groups in total. The Morgan fingerprint density at radius 2 is 2.21 bits per heavy atom. The van der Waals surface area contributed by atoms with Crippen molar-refractivity contribution in [1.82, 2.24) is 0 Å². The Morgan fingerprint density at radius 3 is 2.84 bits per heavy atom. The zero-order valence-electron chi connectivity index (χ0n) is 10.5. The number of nitriles is 1. The fourth-order valence-corrected chi connectivity index (χ4v) is 1.86. The van der Waals surface area contributed by atoms with E-state index >= 15 is 0 Å². The SMILES string of the molecule is N#CCC1(COc2ccccc2C=CC(=O)O)CC1. The number of hydrogen-bond donors (Lipinski definition) is 1. The van der Waals surface area contributed by atoms with Crippen LogP contribution in [-0.4, -0.2) is 17.7 Å². The van der Waals surface area contributed by atoms with E-state index in [4.69, 9.17) is 15.1 Å². The van der Waals surface area contributed by atoms with Gasteiger partial charge in [-0.15, -0.1) is 0 Å². The molecule has 1 aromatic carbocycles. The molecule has 1 saturated carbocycles. The smallest absolute Gasteiger partial charge is 0.328 e. The highest BCUT2D eigenvalue weighted by atomic mass is 16.5. The number of carboxylic acids is 1. The largest absolute Gasteiger partial charge is 0.492 e. The van der Waals surface area contributed by atoms with Crippen molar-refractivity contribution in [1.29, 1.82) is 5.26 Å². The summed E-state index contributed by atoms with van der Waals surface area (Å²) in [4.78, 5) is 10.5. The highest BCUT2D eigenvalue weighted by molar-refractivity contribution is 5.85. The molecular weight excluding hydrogens is 242 g/mol. The third kappa shape index (κ3) is 3.59. The Labute approximate surface area is 111 Å². The Morgan fingerprint density at radius 1 is 1.47 bits per heavy atom. The van der Waals surface area contributed by atoms with E-state index in [1.807, 2.05) is 18.2 Å². The molecule has 0 atom stereocenters. The summed E-state index contributed by atoms with van der Waals surface area (Å²) in [5.41, 5.74) is 0.746. The summed E-state index contributed by atoms with van der Waals surface area (Å²) >= 11 is 0. The van der Waals surface area contributed by atoms with E-state index < -0.39 is 5.97 Å². The van der Waals surface area contributed by atoms with Crippen LogP contribution in [0.25, 0.3) is 6.08 Å². The number of ether oxygens (including phenoxy) is 1. The van der Waals surface area contributed by atoms with Crippen LogP contribution in [0.4, 0.5) is 0 Å². The van der Waals surface area contributed by atoms with Gasteiger partial charge >= 0.3 is 5.97 Å². The van der Waals surface area contributed by atoms with E-state index in [2.05, 4.69) is 6.07 Å². The number of benzene rings is 1. The average Bonchev–Trinajstić information content (AvgIpc) is 3.15. The molecule has 0 radical (unpaired) electrons. The van der Waals surface area contributed by atoms with Crippen LogP contribution < -0.4 is 4.74 Å². The lowest BCUT2D eigenvalue weighted by Crippen LogP contribution is -2.12. The normalized spacial score (nSPS) is 15.9. The van der Waals surface area contributed by atoms with Crippen LogP contribution in [0.15, 0.2) is 30.3 Å². The minimum absolute atomic E-state index is 0.0123. The maximum atomic E-state index is 10.5. The molecule has 0 saturated heterocycles. The second-order valence-electron chi connectivity index (χ2n) is 4.83. The van der Waals surface area contributed by atoms with Gasteiger partial charge in [0.15, 0.2) is 0 Å². The first-order valence-electron chi connectivity index (χ1n) is 6.15. The van der Waals surface area contributed by atoms with Gasteiger partial charge in [0, 0.05) is 23.5 Å². The molecule has 0 spiro atoms.